The topological polar surface area (TPSA) is 45.7 Å². The van der Waals surface area contributed by atoms with E-state index in [2.05, 4.69) is 22.8 Å². The Morgan fingerprint density at radius 1 is 1.39 bits per heavy atom. The van der Waals surface area contributed by atoms with Gasteiger partial charge in [0.25, 0.3) is 0 Å². The number of hydrazone groups is 1. The molecule has 1 saturated carbocycles. The summed E-state index contributed by atoms with van der Waals surface area (Å²) in [7, 11) is 0. The van der Waals surface area contributed by atoms with Crippen molar-refractivity contribution >= 4 is 23.0 Å². The molecule has 2 atom stereocenters. The summed E-state index contributed by atoms with van der Waals surface area (Å²) >= 11 is 5.21. The molecule has 1 saturated heterocycles. The van der Waals surface area contributed by atoms with E-state index >= 15 is 0 Å². The average molecular weight is 269 g/mol. The van der Waals surface area contributed by atoms with Gasteiger partial charge in [0.1, 0.15) is 0 Å². The molecule has 102 valence electrons. The summed E-state index contributed by atoms with van der Waals surface area (Å²) in [6, 6.07) is 0. The van der Waals surface area contributed by atoms with Crippen molar-refractivity contribution in [2.75, 3.05) is 13.2 Å². The molecule has 0 amide bonds. The maximum absolute atomic E-state index is 5.53. The van der Waals surface area contributed by atoms with E-state index in [0.29, 0.717) is 17.1 Å². The fraction of sp³-hybridized carbons (Fsp3) is 0.846. The van der Waals surface area contributed by atoms with E-state index < -0.39 is 0 Å². The Labute approximate surface area is 115 Å². The average Bonchev–Trinajstić information content (AvgIpc) is 2.88. The zero-order chi connectivity index (χ0) is 12.8. The number of nitrogens with one attached hydrogen (secondary N) is 2. The lowest BCUT2D eigenvalue weighted by molar-refractivity contribution is 0.114. The molecule has 4 nitrogen and oxygen atoms in total. The van der Waals surface area contributed by atoms with Crippen molar-refractivity contribution in [3.8, 4) is 0 Å². The zero-order valence-electron chi connectivity index (χ0n) is 11.1. The van der Waals surface area contributed by atoms with Gasteiger partial charge in [-0.05, 0) is 50.2 Å². The second kappa shape index (κ2) is 7.04. The molecule has 18 heavy (non-hydrogen) atoms. The summed E-state index contributed by atoms with van der Waals surface area (Å²) in [6.07, 6.45) is 7.51. The Balaban J connectivity index is 1.68. The van der Waals surface area contributed by atoms with Crippen molar-refractivity contribution in [3.05, 3.63) is 0 Å². The summed E-state index contributed by atoms with van der Waals surface area (Å²) in [6.45, 7) is 3.90. The van der Waals surface area contributed by atoms with Crippen LogP contribution in [0.5, 0.6) is 0 Å². The Kier molecular flexibility index (Phi) is 5.38. The summed E-state index contributed by atoms with van der Waals surface area (Å²) in [5.74, 6) is 0.590. The number of hydrogen-bond donors (Lipinski definition) is 2. The highest BCUT2D eigenvalue weighted by atomic mass is 32.1. The molecule has 1 heterocycles. The van der Waals surface area contributed by atoms with Gasteiger partial charge in [-0.1, -0.05) is 13.3 Å². The number of ether oxygens (including phenoxy) is 1. The molecule has 2 aliphatic rings. The van der Waals surface area contributed by atoms with Gasteiger partial charge in [-0.3, -0.25) is 5.43 Å². The first-order valence-electron chi connectivity index (χ1n) is 6.97. The van der Waals surface area contributed by atoms with Crippen LogP contribution in [0.4, 0.5) is 0 Å². The summed E-state index contributed by atoms with van der Waals surface area (Å²) in [5.41, 5.74) is 4.21. The van der Waals surface area contributed by atoms with Crippen LogP contribution in [0.25, 0.3) is 0 Å². The molecule has 2 N–H and O–H groups in total. The smallest absolute Gasteiger partial charge is 0.187 e. The maximum atomic E-state index is 5.53. The molecule has 2 unspecified atom stereocenters. The third-order valence-corrected chi connectivity index (χ3v) is 3.94. The Morgan fingerprint density at radius 2 is 2.28 bits per heavy atom. The Hall–Kier alpha value is -0.680. The van der Waals surface area contributed by atoms with Gasteiger partial charge in [-0.15, -0.1) is 0 Å². The van der Waals surface area contributed by atoms with Crippen LogP contribution in [0.3, 0.4) is 0 Å². The highest BCUT2D eigenvalue weighted by Crippen LogP contribution is 2.20. The molecule has 0 spiro atoms. The van der Waals surface area contributed by atoms with Crippen LogP contribution < -0.4 is 10.7 Å². The molecular formula is C13H23N3OS. The number of nitrogens with zero attached hydrogens (tertiary/aromatic N) is 1. The molecule has 0 aromatic rings. The van der Waals surface area contributed by atoms with Crippen molar-refractivity contribution in [1.29, 1.82) is 0 Å². The monoisotopic (exact) mass is 269 g/mol. The zero-order valence-corrected chi connectivity index (χ0v) is 11.9. The van der Waals surface area contributed by atoms with E-state index in [0.717, 1.165) is 32.4 Å². The first kappa shape index (κ1) is 13.7. The van der Waals surface area contributed by atoms with Gasteiger partial charge in [0, 0.05) is 18.9 Å². The molecule has 1 aliphatic heterocycles. The fourth-order valence-electron chi connectivity index (χ4n) is 2.51. The van der Waals surface area contributed by atoms with Crippen molar-refractivity contribution in [1.82, 2.24) is 10.7 Å². The molecular weight excluding hydrogens is 246 g/mol. The fourth-order valence-corrected chi connectivity index (χ4v) is 2.64. The van der Waals surface area contributed by atoms with E-state index in [-0.39, 0.29) is 0 Å². The number of thiocarbonyl (C=S) groups is 1. The molecule has 0 radical (unpaired) electrons. The SMILES string of the molecule is CC1CCCC/C1=N\NC(=S)NCC1CCCO1. The summed E-state index contributed by atoms with van der Waals surface area (Å²) < 4.78 is 5.53. The normalized spacial score (nSPS) is 30.4. The molecule has 0 bridgehead atoms. The molecule has 1 aliphatic carbocycles. The van der Waals surface area contributed by atoms with E-state index in [4.69, 9.17) is 17.0 Å². The standard InChI is InChI=1S/C13H23N3OS/c1-10-5-2-3-7-12(10)15-16-13(18)14-9-11-6-4-8-17-11/h10-11H,2-9H2,1H3,(H2,14,16,18)/b15-12+. The van der Waals surface area contributed by atoms with Crippen molar-refractivity contribution < 1.29 is 4.74 Å². The van der Waals surface area contributed by atoms with E-state index in [1.165, 1.54) is 25.0 Å². The third kappa shape index (κ3) is 4.21. The van der Waals surface area contributed by atoms with Crippen LogP contribution in [0.1, 0.15) is 45.4 Å². The third-order valence-electron chi connectivity index (χ3n) is 3.70. The predicted octanol–water partition coefficient (Wildman–Crippen LogP) is 2.20. The molecule has 0 aromatic carbocycles. The molecule has 0 aromatic heterocycles. The first-order valence-corrected chi connectivity index (χ1v) is 7.38. The van der Waals surface area contributed by atoms with Gasteiger partial charge in [-0.25, -0.2) is 0 Å². The minimum atomic E-state index is 0.311. The highest BCUT2D eigenvalue weighted by molar-refractivity contribution is 7.80. The van der Waals surface area contributed by atoms with E-state index in [9.17, 15) is 0 Å². The first-order chi connectivity index (χ1) is 8.75. The predicted molar refractivity (Wildman–Crippen MR) is 77.8 cm³/mol. The maximum Gasteiger partial charge on any atom is 0.187 e. The quantitative estimate of drug-likeness (QED) is 0.609. The summed E-state index contributed by atoms with van der Waals surface area (Å²) in [4.78, 5) is 0. The largest absolute Gasteiger partial charge is 0.376 e. The van der Waals surface area contributed by atoms with Crippen molar-refractivity contribution in [2.24, 2.45) is 11.0 Å². The lowest BCUT2D eigenvalue weighted by atomic mass is 9.89. The number of hydrogen-bond acceptors (Lipinski definition) is 3. The van der Waals surface area contributed by atoms with Crippen LogP contribution >= 0.6 is 12.2 Å². The van der Waals surface area contributed by atoms with E-state index in [1.54, 1.807) is 0 Å². The molecule has 5 heteroatoms. The lowest BCUT2D eigenvalue weighted by Crippen LogP contribution is -2.38. The lowest BCUT2D eigenvalue weighted by Gasteiger charge is -2.20. The van der Waals surface area contributed by atoms with Gasteiger partial charge in [0.15, 0.2) is 5.11 Å². The minimum absolute atomic E-state index is 0.311. The highest BCUT2D eigenvalue weighted by Gasteiger charge is 2.17. The van der Waals surface area contributed by atoms with E-state index in [1.807, 2.05) is 0 Å². The van der Waals surface area contributed by atoms with Crippen LogP contribution in [0, 0.1) is 5.92 Å². The van der Waals surface area contributed by atoms with Gasteiger partial charge < -0.3 is 10.1 Å². The van der Waals surface area contributed by atoms with Gasteiger partial charge in [0.2, 0.25) is 0 Å². The van der Waals surface area contributed by atoms with Crippen LogP contribution in [0.2, 0.25) is 0 Å². The van der Waals surface area contributed by atoms with Crippen molar-refractivity contribution in [3.63, 3.8) is 0 Å². The van der Waals surface area contributed by atoms with Gasteiger partial charge >= 0.3 is 0 Å². The van der Waals surface area contributed by atoms with Crippen LogP contribution in [0.15, 0.2) is 5.10 Å². The summed E-state index contributed by atoms with van der Waals surface area (Å²) in [5, 5.41) is 8.21. The van der Waals surface area contributed by atoms with Gasteiger partial charge in [0.05, 0.1) is 6.10 Å². The van der Waals surface area contributed by atoms with Crippen LogP contribution in [-0.2, 0) is 4.74 Å². The van der Waals surface area contributed by atoms with Crippen molar-refractivity contribution in [2.45, 2.75) is 51.6 Å². The second-order valence-electron chi connectivity index (χ2n) is 5.21. The van der Waals surface area contributed by atoms with Crippen LogP contribution in [-0.4, -0.2) is 30.1 Å². The Morgan fingerprint density at radius 3 is 3.00 bits per heavy atom. The minimum Gasteiger partial charge on any atom is -0.376 e. The molecule has 2 fully saturated rings. The Bertz CT molecular complexity index is 313. The van der Waals surface area contributed by atoms with Gasteiger partial charge in [-0.2, -0.15) is 5.10 Å². The number of rotatable bonds is 3. The molecule has 2 rings (SSSR count). The second-order valence-corrected chi connectivity index (χ2v) is 5.62.